The zero-order valence-corrected chi connectivity index (χ0v) is 18.0. The zero-order chi connectivity index (χ0) is 21.2. The molecule has 8 nitrogen and oxygen atoms in total. The number of amides is 2. The molecule has 1 aromatic rings. The largest absolute Gasteiger partial charge is 0.463 e. The third-order valence-electron chi connectivity index (χ3n) is 6.22. The van der Waals surface area contributed by atoms with Crippen LogP contribution in [0.2, 0.25) is 0 Å². The Morgan fingerprint density at radius 2 is 1.79 bits per heavy atom. The number of ether oxygens (including phenoxy) is 1. The molecule has 160 valence electrons. The maximum Gasteiger partial charge on any atom is 0.302 e. The summed E-state index contributed by atoms with van der Waals surface area (Å²) in [7, 11) is 0. The van der Waals surface area contributed by atoms with Crippen LogP contribution < -0.4 is 0 Å². The Kier molecular flexibility index (Phi) is 6.29. The fourth-order valence-electron chi connectivity index (χ4n) is 4.69. The Hall–Kier alpha value is -2.38. The van der Waals surface area contributed by atoms with E-state index in [2.05, 4.69) is 5.10 Å². The molecule has 0 radical (unpaired) electrons. The third kappa shape index (κ3) is 4.16. The van der Waals surface area contributed by atoms with Gasteiger partial charge >= 0.3 is 5.97 Å². The topological polar surface area (TPSA) is 84.7 Å². The summed E-state index contributed by atoms with van der Waals surface area (Å²) in [6, 6.07) is 0. The van der Waals surface area contributed by atoms with E-state index in [0.29, 0.717) is 30.8 Å². The Labute approximate surface area is 172 Å². The summed E-state index contributed by atoms with van der Waals surface area (Å²) in [5.41, 5.74) is 1.31. The average Bonchev–Trinajstić information content (AvgIpc) is 3.39. The van der Waals surface area contributed by atoms with Crippen LogP contribution in [0.4, 0.5) is 0 Å². The van der Waals surface area contributed by atoms with Gasteiger partial charge in [-0.25, -0.2) is 0 Å². The van der Waals surface area contributed by atoms with Gasteiger partial charge in [0.05, 0.1) is 23.2 Å². The van der Waals surface area contributed by atoms with Gasteiger partial charge in [0.1, 0.15) is 6.61 Å². The lowest BCUT2D eigenvalue weighted by molar-refractivity contribution is -0.147. The van der Waals surface area contributed by atoms with Crippen LogP contribution in [-0.2, 0) is 20.9 Å². The molecule has 0 N–H and O–H groups in total. The van der Waals surface area contributed by atoms with Crippen LogP contribution in [0.15, 0.2) is 0 Å². The maximum absolute atomic E-state index is 13.6. The number of hydrogen-bond donors (Lipinski definition) is 0. The lowest BCUT2D eigenvalue weighted by Crippen LogP contribution is -2.53. The molecule has 0 bridgehead atoms. The molecule has 0 spiro atoms. The Morgan fingerprint density at radius 1 is 1.10 bits per heavy atom. The second-order valence-corrected chi connectivity index (χ2v) is 8.19. The van der Waals surface area contributed by atoms with Crippen molar-refractivity contribution in [3.8, 4) is 0 Å². The Bertz CT molecular complexity index is 797. The van der Waals surface area contributed by atoms with Crippen LogP contribution >= 0.6 is 0 Å². The van der Waals surface area contributed by atoms with Gasteiger partial charge in [0.25, 0.3) is 5.91 Å². The summed E-state index contributed by atoms with van der Waals surface area (Å²) in [5, 5.41) is 4.48. The molecule has 2 fully saturated rings. The minimum absolute atomic E-state index is 0.0343. The molecule has 3 rings (SSSR count). The second-order valence-electron chi connectivity index (χ2n) is 8.19. The highest BCUT2D eigenvalue weighted by molar-refractivity contribution is 5.97. The molecule has 2 aliphatic heterocycles. The molecular weight excluding hydrogens is 372 g/mol. The first-order chi connectivity index (χ1) is 13.8. The van der Waals surface area contributed by atoms with Crippen molar-refractivity contribution in [3.05, 3.63) is 17.0 Å². The van der Waals surface area contributed by atoms with Gasteiger partial charge < -0.3 is 14.5 Å². The maximum atomic E-state index is 13.6. The molecule has 29 heavy (non-hydrogen) atoms. The van der Waals surface area contributed by atoms with Crippen LogP contribution in [-0.4, -0.2) is 69.1 Å². The van der Waals surface area contributed by atoms with E-state index in [0.717, 1.165) is 38.0 Å². The zero-order valence-electron chi connectivity index (χ0n) is 18.0. The van der Waals surface area contributed by atoms with Crippen molar-refractivity contribution < 1.29 is 19.1 Å². The lowest BCUT2D eigenvalue weighted by atomic mass is 9.91. The second kappa shape index (κ2) is 8.55. The van der Waals surface area contributed by atoms with E-state index in [1.165, 1.54) is 6.92 Å². The van der Waals surface area contributed by atoms with E-state index >= 15 is 0 Å². The first kappa shape index (κ1) is 21.3. The minimum atomic E-state index is -0.796. The summed E-state index contributed by atoms with van der Waals surface area (Å²) in [6.45, 7) is 9.89. The summed E-state index contributed by atoms with van der Waals surface area (Å²) >= 11 is 0. The average molecular weight is 405 g/mol. The van der Waals surface area contributed by atoms with Crippen LogP contribution in [0.3, 0.4) is 0 Å². The van der Waals surface area contributed by atoms with E-state index < -0.39 is 11.5 Å². The number of aromatic nitrogens is 2. The van der Waals surface area contributed by atoms with E-state index in [1.54, 1.807) is 4.90 Å². The number of hydrogen-bond acceptors (Lipinski definition) is 5. The molecule has 8 heteroatoms. The number of esters is 1. The van der Waals surface area contributed by atoms with Gasteiger partial charge in [-0.1, -0.05) is 0 Å². The molecular formula is C21H32N4O4. The smallest absolute Gasteiger partial charge is 0.302 e. The number of likely N-dealkylation sites (tertiary alicyclic amines) is 2. The number of aryl methyl sites for hydroxylation is 2. The van der Waals surface area contributed by atoms with E-state index in [9.17, 15) is 14.4 Å². The van der Waals surface area contributed by atoms with E-state index in [-0.39, 0.29) is 24.8 Å². The van der Waals surface area contributed by atoms with Gasteiger partial charge in [0, 0.05) is 38.8 Å². The summed E-state index contributed by atoms with van der Waals surface area (Å²) in [6.07, 6.45) is 3.64. The normalized spacial score (nSPS) is 21.7. The molecule has 0 saturated carbocycles. The summed E-state index contributed by atoms with van der Waals surface area (Å²) < 4.78 is 7.19. The first-order valence-electron chi connectivity index (χ1n) is 10.6. The van der Waals surface area contributed by atoms with Gasteiger partial charge in [-0.2, -0.15) is 5.10 Å². The SMILES string of the molecule is CCn1nc(C)c(C(=O)N2CCCC2(COC(C)=O)CC(=O)N2CCCC2)c1C. The van der Waals surface area contributed by atoms with Gasteiger partial charge in [-0.05, 0) is 46.5 Å². The Balaban J connectivity index is 1.91. The Morgan fingerprint density at radius 3 is 2.38 bits per heavy atom. The molecule has 1 aromatic heterocycles. The highest BCUT2D eigenvalue weighted by atomic mass is 16.5. The van der Waals surface area contributed by atoms with Crippen LogP contribution in [0.1, 0.15) is 67.7 Å². The highest BCUT2D eigenvalue weighted by Crippen LogP contribution is 2.36. The van der Waals surface area contributed by atoms with Crippen molar-refractivity contribution in [2.75, 3.05) is 26.2 Å². The number of carbonyl (C=O) groups is 3. The standard InChI is InChI=1S/C21H32N4O4/c1-5-25-16(3)19(15(2)22-25)20(28)24-12-8-9-21(24,14-29-17(4)26)13-18(27)23-10-6-7-11-23/h5-14H2,1-4H3. The monoisotopic (exact) mass is 404 g/mol. The predicted octanol–water partition coefficient (Wildman–Crippen LogP) is 2.07. The fraction of sp³-hybridized carbons (Fsp3) is 0.714. The minimum Gasteiger partial charge on any atom is -0.463 e. The van der Waals surface area contributed by atoms with Crippen molar-refractivity contribution in [1.29, 1.82) is 0 Å². The lowest BCUT2D eigenvalue weighted by Gasteiger charge is -2.38. The molecule has 1 unspecified atom stereocenters. The van der Waals surface area contributed by atoms with Gasteiger partial charge in [-0.3, -0.25) is 19.1 Å². The molecule has 2 amide bonds. The van der Waals surface area contributed by atoms with Crippen LogP contribution in [0, 0.1) is 13.8 Å². The van der Waals surface area contributed by atoms with Crippen LogP contribution in [0.25, 0.3) is 0 Å². The summed E-state index contributed by atoms with van der Waals surface area (Å²) in [4.78, 5) is 41.7. The molecule has 0 aliphatic carbocycles. The van der Waals surface area contributed by atoms with Crippen LogP contribution in [0.5, 0.6) is 0 Å². The van der Waals surface area contributed by atoms with Crippen molar-refractivity contribution in [3.63, 3.8) is 0 Å². The van der Waals surface area contributed by atoms with Crippen molar-refractivity contribution in [2.24, 2.45) is 0 Å². The molecule has 2 saturated heterocycles. The van der Waals surface area contributed by atoms with Crippen molar-refractivity contribution in [1.82, 2.24) is 19.6 Å². The number of rotatable bonds is 6. The quantitative estimate of drug-likeness (QED) is 0.678. The fourth-order valence-corrected chi connectivity index (χ4v) is 4.69. The third-order valence-corrected chi connectivity index (χ3v) is 6.22. The molecule has 1 atom stereocenters. The van der Waals surface area contributed by atoms with Gasteiger partial charge in [-0.15, -0.1) is 0 Å². The van der Waals surface area contributed by atoms with Gasteiger partial charge in [0.15, 0.2) is 0 Å². The van der Waals surface area contributed by atoms with Crippen molar-refractivity contribution in [2.45, 2.75) is 71.9 Å². The predicted molar refractivity (Wildman–Crippen MR) is 107 cm³/mol. The number of carbonyl (C=O) groups excluding carboxylic acids is 3. The van der Waals surface area contributed by atoms with E-state index in [4.69, 9.17) is 4.74 Å². The number of nitrogens with zero attached hydrogens (tertiary/aromatic N) is 4. The molecule has 2 aliphatic rings. The summed E-state index contributed by atoms with van der Waals surface area (Å²) in [5.74, 6) is -0.492. The first-order valence-corrected chi connectivity index (χ1v) is 10.6. The van der Waals surface area contributed by atoms with E-state index in [1.807, 2.05) is 30.4 Å². The highest BCUT2D eigenvalue weighted by Gasteiger charge is 2.48. The van der Waals surface area contributed by atoms with Gasteiger partial charge in [0.2, 0.25) is 5.91 Å². The van der Waals surface area contributed by atoms with Crippen molar-refractivity contribution >= 4 is 17.8 Å². The molecule has 0 aromatic carbocycles. The molecule has 3 heterocycles.